The Morgan fingerprint density at radius 1 is 1.24 bits per heavy atom. The highest BCUT2D eigenvalue weighted by Crippen LogP contribution is 2.37. The molecule has 1 aliphatic carbocycles. The SMILES string of the molecule is CCNC1CCCN(S(=O)(=O)CC2CC2)c2ccccc21. The standard InChI is InChI=1S/C16H24N2O2S/c1-2-17-15-7-5-11-18(16-8-4-3-6-14(15)16)21(19,20)12-13-9-10-13/h3-4,6,8,13,15,17H,2,5,7,9-12H2,1H3. The molecule has 0 saturated heterocycles. The summed E-state index contributed by atoms with van der Waals surface area (Å²) in [6.45, 7) is 3.59. The van der Waals surface area contributed by atoms with Crippen molar-refractivity contribution in [1.82, 2.24) is 5.32 Å². The summed E-state index contributed by atoms with van der Waals surface area (Å²) in [5, 5.41) is 3.48. The number of nitrogens with one attached hydrogen (secondary N) is 1. The Kier molecular flexibility index (Phi) is 4.22. The van der Waals surface area contributed by atoms with E-state index in [1.807, 2.05) is 18.2 Å². The zero-order valence-corrected chi connectivity index (χ0v) is 13.4. The summed E-state index contributed by atoms with van der Waals surface area (Å²) in [5.41, 5.74) is 2.00. The molecule has 5 heteroatoms. The predicted molar refractivity (Wildman–Crippen MR) is 86.0 cm³/mol. The number of rotatable bonds is 5. The highest BCUT2D eigenvalue weighted by atomic mass is 32.2. The van der Waals surface area contributed by atoms with Crippen molar-refractivity contribution in [3.8, 4) is 0 Å². The van der Waals surface area contributed by atoms with Crippen molar-refractivity contribution in [3.63, 3.8) is 0 Å². The lowest BCUT2D eigenvalue weighted by Crippen LogP contribution is -2.34. The topological polar surface area (TPSA) is 49.4 Å². The lowest BCUT2D eigenvalue weighted by molar-refractivity contribution is 0.512. The van der Waals surface area contributed by atoms with Crippen LogP contribution in [0.25, 0.3) is 0 Å². The van der Waals surface area contributed by atoms with Crippen LogP contribution in [0.15, 0.2) is 24.3 Å². The van der Waals surface area contributed by atoms with Crippen LogP contribution in [0.5, 0.6) is 0 Å². The first-order valence-corrected chi connectivity index (χ1v) is 9.55. The van der Waals surface area contributed by atoms with Gasteiger partial charge in [0.05, 0.1) is 11.4 Å². The zero-order chi connectivity index (χ0) is 14.9. The maximum atomic E-state index is 12.7. The van der Waals surface area contributed by atoms with E-state index in [1.54, 1.807) is 4.31 Å². The number of hydrogen-bond acceptors (Lipinski definition) is 3. The smallest absolute Gasteiger partial charge is 0.235 e. The van der Waals surface area contributed by atoms with Crippen LogP contribution in [-0.2, 0) is 10.0 Å². The van der Waals surface area contributed by atoms with E-state index in [-0.39, 0.29) is 6.04 Å². The summed E-state index contributed by atoms with van der Waals surface area (Å²) in [6.07, 6.45) is 4.01. The van der Waals surface area contributed by atoms with E-state index < -0.39 is 10.0 Å². The van der Waals surface area contributed by atoms with Gasteiger partial charge in [-0.15, -0.1) is 0 Å². The van der Waals surface area contributed by atoms with Gasteiger partial charge in [0.1, 0.15) is 0 Å². The van der Waals surface area contributed by atoms with Gasteiger partial charge in [0, 0.05) is 12.6 Å². The maximum Gasteiger partial charge on any atom is 0.235 e. The van der Waals surface area contributed by atoms with Gasteiger partial charge >= 0.3 is 0 Å². The molecule has 1 atom stereocenters. The highest BCUT2D eigenvalue weighted by Gasteiger charge is 2.34. The Hall–Kier alpha value is -1.07. The van der Waals surface area contributed by atoms with Gasteiger partial charge in [0.15, 0.2) is 0 Å². The van der Waals surface area contributed by atoms with E-state index in [1.165, 1.54) is 0 Å². The Morgan fingerprint density at radius 3 is 2.71 bits per heavy atom. The lowest BCUT2D eigenvalue weighted by Gasteiger charge is -2.25. The summed E-state index contributed by atoms with van der Waals surface area (Å²) in [7, 11) is -3.19. The van der Waals surface area contributed by atoms with Gasteiger partial charge in [-0.2, -0.15) is 0 Å². The van der Waals surface area contributed by atoms with E-state index in [4.69, 9.17) is 0 Å². The zero-order valence-electron chi connectivity index (χ0n) is 12.6. The van der Waals surface area contributed by atoms with Crippen molar-refractivity contribution in [2.24, 2.45) is 5.92 Å². The molecule has 1 aliphatic heterocycles. The third-order valence-electron chi connectivity index (χ3n) is 4.36. The van der Waals surface area contributed by atoms with Crippen molar-refractivity contribution in [1.29, 1.82) is 0 Å². The summed E-state index contributed by atoms with van der Waals surface area (Å²) in [4.78, 5) is 0. The first kappa shape index (κ1) is 14.9. The summed E-state index contributed by atoms with van der Waals surface area (Å²) >= 11 is 0. The van der Waals surface area contributed by atoms with Gasteiger partial charge < -0.3 is 5.32 Å². The van der Waals surface area contributed by atoms with Gasteiger partial charge in [-0.3, -0.25) is 4.31 Å². The second kappa shape index (κ2) is 5.97. The molecule has 116 valence electrons. The van der Waals surface area contributed by atoms with Gasteiger partial charge in [-0.25, -0.2) is 8.42 Å². The minimum atomic E-state index is -3.19. The van der Waals surface area contributed by atoms with Crippen molar-refractivity contribution in [3.05, 3.63) is 29.8 Å². The van der Waals surface area contributed by atoms with Crippen LogP contribution in [0.1, 0.15) is 44.2 Å². The summed E-state index contributed by atoms with van der Waals surface area (Å²) in [5.74, 6) is 0.697. The molecular weight excluding hydrogens is 284 g/mol. The fourth-order valence-corrected chi connectivity index (χ4v) is 5.13. The molecule has 1 aromatic rings. The van der Waals surface area contributed by atoms with Gasteiger partial charge in [-0.1, -0.05) is 25.1 Å². The summed E-state index contributed by atoms with van der Waals surface area (Å²) < 4.78 is 27.1. The molecule has 0 aromatic heterocycles. The predicted octanol–water partition coefficient (Wildman–Crippen LogP) is 2.68. The number of nitrogens with zero attached hydrogens (tertiary/aromatic N) is 1. The summed E-state index contributed by atoms with van der Waals surface area (Å²) in [6, 6.07) is 8.21. The molecule has 3 rings (SSSR count). The molecule has 2 aliphatic rings. The third kappa shape index (κ3) is 3.24. The van der Waals surface area contributed by atoms with Crippen LogP contribution in [0.2, 0.25) is 0 Å². The fraction of sp³-hybridized carbons (Fsp3) is 0.625. The molecular formula is C16H24N2O2S. The first-order chi connectivity index (χ1) is 10.1. The molecule has 1 saturated carbocycles. The minimum absolute atomic E-state index is 0.257. The van der Waals surface area contributed by atoms with Gasteiger partial charge in [0.25, 0.3) is 0 Å². The molecule has 1 N–H and O–H groups in total. The molecule has 0 bridgehead atoms. The molecule has 0 spiro atoms. The first-order valence-electron chi connectivity index (χ1n) is 7.94. The monoisotopic (exact) mass is 308 g/mol. The largest absolute Gasteiger partial charge is 0.310 e. The van der Waals surface area contributed by atoms with Crippen molar-refractivity contribution in [2.45, 2.75) is 38.6 Å². The van der Waals surface area contributed by atoms with Crippen molar-refractivity contribution < 1.29 is 8.42 Å². The normalized spacial score (nSPS) is 22.7. The van der Waals surface area contributed by atoms with E-state index in [2.05, 4.69) is 18.3 Å². The van der Waals surface area contributed by atoms with Gasteiger partial charge in [-0.05, 0) is 49.8 Å². The van der Waals surface area contributed by atoms with Crippen LogP contribution in [0.4, 0.5) is 5.69 Å². The number of sulfonamides is 1. The van der Waals surface area contributed by atoms with Crippen LogP contribution in [-0.4, -0.2) is 27.3 Å². The van der Waals surface area contributed by atoms with E-state index in [0.717, 1.165) is 43.5 Å². The Balaban J connectivity index is 1.95. The molecule has 1 aromatic carbocycles. The van der Waals surface area contributed by atoms with E-state index in [0.29, 0.717) is 18.2 Å². The Morgan fingerprint density at radius 2 is 2.00 bits per heavy atom. The molecule has 1 fully saturated rings. The fourth-order valence-electron chi connectivity index (χ4n) is 3.14. The number of anilines is 1. The third-order valence-corrected chi connectivity index (χ3v) is 6.31. The maximum absolute atomic E-state index is 12.7. The van der Waals surface area contributed by atoms with Crippen molar-refractivity contribution >= 4 is 15.7 Å². The van der Waals surface area contributed by atoms with Crippen LogP contribution < -0.4 is 9.62 Å². The number of benzene rings is 1. The van der Waals surface area contributed by atoms with Crippen LogP contribution >= 0.6 is 0 Å². The van der Waals surface area contributed by atoms with E-state index in [9.17, 15) is 8.42 Å². The number of fused-ring (bicyclic) bond motifs is 1. The second-order valence-electron chi connectivity index (χ2n) is 6.11. The average molecular weight is 308 g/mol. The minimum Gasteiger partial charge on any atom is -0.310 e. The molecule has 1 heterocycles. The molecule has 21 heavy (non-hydrogen) atoms. The second-order valence-corrected chi connectivity index (χ2v) is 8.04. The highest BCUT2D eigenvalue weighted by molar-refractivity contribution is 7.92. The number of para-hydroxylation sites is 1. The van der Waals surface area contributed by atoms with Crippen LogP contribution in [0.3, 0.4) is 0 Å². The van der Waals surface area contributed by atoms with Crippen LogP contribution in [0, 0.1) is 5.92 Å². The lowest BCUT2D eigenvalue weighted by atomic mass is 10.0. The van der Waals surface area contributed by atoms with Gasteiger partial charge in [0.2, 0.25) is 10.0 Å². The molecule has 0 radical (unpaired) electrons. The molecule has 1 unspecified atom stereocenters. The average Bonchev–Trinajstić information content (AvgIpc) is 3.26. The molecule has 0 amide bonds. The number of hydrogen-bond donors (Lipinski definition) is 1. The molecule has 4 nitrogen and oxygen atoms in total. The Labute approximate surface area is 127 Å². The quantitative estimate of drug-likeness (QED) is 0.910. The Bertz CT molecular complexity index is 596. The van der Waals surface area contributed by atoms with E-state index >= 15 is 0 Å². The van der Waals surface area contributed by atoms with Crippen molar-refractivity contribution in [2.75, 3.05) is 23.1 Å².